The third kappa shape index (κ3) is 4.27. The standard InChI is InChI=1S/C17H25NO5S/c1-13-7-9-14(10-8-13)23-12-11-18(2)24(20,21)16-6-4-5-15(16)17(19)22-3/h7-10,15-16H,4-6,11-12H2,1-3H3/t15-,16-/m1/s1. The normalized spacial score (nSPS) is 21.0. The number of carbonyl (C=O) groups is 1. The van der Waals surface area contributed by atoms with Crippen molar-refractivity contribution in [1.29, 1.82) is 0 Å². The van der Waals surface area contributed by atoms with Gasteiger partial charge in [0, 0.05) is 13.6 Å². The Morgan fingerprint density at radius 1 is 1.25 bits per heavy atom. The highest BCUT2D eigenvalue weighted by molar-refractivity contribution is 7.89. The first-order valence-corrected chi connectivity index (χ1v) is 9.59. The van der Waals surface area contributed by atoms with E-state index < -0.39 is 27.2 Å². The summed E-state index contributed by atoms with van der Waals surface area (Å²) in [4.78, 5) is 11.8. The quantitative estimate of drug-likeness (QED) is 0.699. The van der Waals surface area contributed by atoms with Crippen molar-refractivity contribution in [3.05, 3.63) is 29.8 Å². The summed E-state index contributed by atoms with van der Waals surface area (Å²) in [6.45, 7) is 2.48. The summed E-state index contributed by atoms with van der Waals surface area (Å²) in [6, 6.07) is 7.59. The van der Waals surface area contributed by atoms with Gasteiger partial charge in [-0.2, -0.15) is 0 Å². The van der Waals surface area contributed by atoms with Gasteiger partial charge in [-0.1, -0.05) is 24.1 Å². The first-order chi connectivity index (χ1) is 11.4. The zero-order chi connectivity index (χ0) is 17.7. The maximum Gasteiger partial charge on any atom is 0.310 e. The number of esters is 1. The van der Waals surface area contributed by atoms with Gasteiger partial charge in [0.05, 0.1) is 18.3 Å². The number of sulfonamides is 1. The van der Waals surface area contributed by atoms with Gasteiger partial charge in [0.15, 0.2) is 0 Å². The molecule has 0 radical (unpaired) electrons. The van der Waals surface area contributed by atoms with E-state index in [1.54, 1.807) is 0 Å². The predicted molar refractivity (Wildman–Crippen MR) is 91.4 cm³/mol. The van der Waals surface area contributed by atoms with Crippen LogP contribution in [0.15, 0.2) is 24.3 Å². The van der Waals surface area contributed by atoms with Crippen LogP contribution in [0.3, 0.4) is 0 Å². The molecule has 0 unspecified atom stereocenters. The molecule has 1 aliphatic carbocycles. The Balaban J connectivity index is 1.93. The molecule has 1 aromatic carbocycles. The van der Waals surface area contributed by atoms with Crippen LogP contribution in [0.1, 0.15) is 24.8 Å². The molecule has 0 amide bonds. The highest BCUT2D eigenvalue weighted by atomic mass is 32.2. The molecule has 0 saturated heterocycles. The van der Waals surface area contributed by atoms with E-state index >= 15 is 0 Å². The van der Waals surface area contributed by atoms with E-state index in [-0.39, 0.29) is 13.2 Å². The molecule has 0 N–H and O–H groups in total. The molecule has 1 aliphatic rings. The molecule has 134 valence electrons. The number of carbonyl (C=O) groups excluding carboxylic acids is 1. The molecule has 1 saturated carbocycles. The molecule has 24 heavy (non-hydrogen) atoms. The van der Waals surface area contributed by atoms with Gasteiger partial charge in [-0.15, -0.1) is 0 Å². The molecule has 1 fully saturated rings. The number of rotatable bonds is 7. The number of aryl methyl sites for hydroxylation is 1. The third-order valence-electron chi connectivity index (χ3n) is 4.47. The molecule has 0 aliphatic heterocycles. The first-order valence-electron chi connectivity index (χ1n) is 8.08. The Morgan fingerprint density at radius 3 is 2.54 bits per heavy atom. The first kappa shape index (κ1) is 18.7. The number of benzene rings is 1. The maximum absolute atomic E-state index is 12.7. The second-order valence-corrected chi connectivity index (χ2v) is 8.39. The second-order valence-electron chi connectivity index (χ2n) is 6.13. The minimum atomic E-state index is -3.55. The average Bonchev–Trinajstić information content (AvgIpc) is 3.06. The van der Waals surface area contributed by atoms with Crippen LogP contribution in [0.25, 0.3) is 0 Å². The molecular weight excluding hydrogens is 330 g/mol. The summed E-state index contributed by atoms with van der Waals surface area (Å²) in [5.74, 6) is -0.300. The molecule has 2 atom stereocenters. The summed E-state index contributed by atoms with van der Waals surface area (Å²) in [5, 5.41) is -0.700. The Kier molecular flexibility index (Phi) is 6.23. The van der Waals surface area contributed by atoms with Crippen molar-refractivity contribution in [3.63, 3.8) is 0 Å². The Labute approximate surface area is 143 Å². The van der Waals surface area contributed by atoms with Gasteiger partial charge in [0.1, 0.15) is 12.4 Å². The number of ether oxygens (including phenoxy) is 2. The molecule has 1 aromatic rings. The zero-order valence-electron chi connectivity index (χ0n) is 14.4. The molecule has 0 aromatic heterocycles. The fourth-order valence-corrected chi connectivity index (χ4v) is 4.91. The largest absolute Gasteiger partial charge is 0.492 e. The highest BCUT2D eigenvalue weighted by Gasteiger charge is 2.43. The topological polar surface area (TPSA) is 72.9 Å². The summed E-state index contributed by atoms with van der Waals surface area (Å²) < 4.78 is 37.0. The number of methoxy groups -OCH3 is 1. The van der Waals surface area contributed by atoms with Crippen molar-refractivity contribution in [2.45, 2.75) is 31.4 Å². The minimum Gasteiger partial charge on any atom is -0.492 e. The van der Waals surface area contributed by atoms with Crippen molar-refractivity contribution in [3.8, 4) is 5.75 Å². The van der Waals surface area contributed by atoms with Crippen molar-refractivity contribution < 1.29 is 22.7 Å². The Morgan fingerprint density at radius 2 is 1.92 bits per heavy atom. The average molecular weight is 355 g/mol. The SMILES string of the molecule is COC(=O)[C@@H]1CCC[C@H]1S(=O)(=O)N(C)CCOc1ccc(C)cc1. The monoisotopic (exact) mass is 355 g/mol. The molecule has 0 spiro atoms. The van der Waals surface area contributed by atoms with Gasteiger partial charge < -0.3 is 9.47 Å². The highest BCUT2D eigenvalue weighted by Crippen LogP contribution is 2.33. The second kappa shape index (κ2) is 7.98. The lowest BCUT2D eigenvalue weighted by Crippen LogP contribution is -2.42. The zero-order valence-corrected chi connectivity index (χ0v) is 15.2. The van der Waals surface area contributed by atoms with Gasteiger partial charge >= 0.3 is 5.97 Å². The number of hydrogen-bond acceptors (Lipinski definition) is 5. The van der Waals surface area contributed by atoms with Crippen LogP contribution < -0.4 is 4.74 Å². The van der Waals surface area contributed by atoms with E-state index in [0.717, 1.165) is 12.0 Å². The lowest BCUT2D eigenvalue weighted by molar-refractivity contribution is -0.145. The fourth-order valence-electron chi connectivity index (χ4n) is 2.99. The van der Waals surface area contributed by atoms with E-state index in [9.17, 15) is 13.2 Å². The van der Waals surface area contributed by atoms with E-state index in [0.29, 0.717) is 18.6 Å². The molecular formula is C17H25NO5S. The van der Waals surface area contributed by atoms with Crippen LogP contribution in [-0.4, -0.2) is 51.3 Å². The van der Waals surface area contributed by atoms with Gasteiger partial charge in [-0.3, -0.25) is 4.79 Å². The van der Waals surface area contributed by atoms with E-state index in [2.05, 4.69) is 0 Å². The van der Waals surface area contributed by atoms with Crippen LogP contribution in [0.2, 0.25) is 0 Å². The van der Waals surface area contributed by atoms with Gasteiger partial charge in [0.25, 0.3) is 0 Å². The van der Waals surface area contributed by atoms with Gasteiger partial charge in [-0.05, 0) is 31.9 Å². The molecule has 2 rings (SSSR count). The van der Waals surface area contributed by atoms with E-state index in [4.69, 9.17) is 9.47 Å². The lowest BCUT2D eigenvalue weighted by Gasteiger charge is -2.24. The Bertz CT molecular complexity index is 656. The van der Waals surface area contributed by atoms with E-state index in [1.807, 2.05) is 31.2 Å². The number of hydrogen-bond donors (Lipinski definition) is 0. The summed E-state index contributed by atoms with van der Waals surface area (Å²) in [7, 11) is -0.728. The van der Waals surface area contributed by atoms with Crippen LogP contribution in [0.4, 0.5) is 0 Å². The van der Waals surface area contributed by atoms with Crippen molar-refractivity contribution in [1.82, 2.24) is 4.31 Å². The molecule has 0 heterocycles. The predicted octanol–water partition coefficient (Wildman–Crippen LogP) is 1.98. The Hall–Kier alpha value is -1.60. The van der Waals surface area contributed by atoms with E-state index in [1.165, 1.54) is 18.5 Å². The van der Waals surface area contributed by atoms with Gasteiger partial charge in [0.2, 0.25) is 10.0 Å². The van der Waals surface area contributed by atoms with Crippen molar-refractivity contribution in [2.24, 2.45) is 5.92 Å². The maximum atomic E-state index is 12.7. The minimum absolute atomic E-state index is 0.237. The summed E-state index contributed by atoms with van der Waals surface area (Å²) >= 11 is 0. The molecule has 6 nitrogen and oxygen atoms in total. The van der Waals surface area contributed by atoms with Crippen molar-refractivity contribution >= 4 is 16.0 Å². The number of likely N-dealkylation sites (N-methyl/N-ethyl adjacent to an activating group) is 1. The van der Waals surface area contributed by atoms with Crippen LogP contribution in [-0.2, 0) is 19.6 Å². The molecule has 0 bridgehead atoms. The molecule has 7 heteroatoms. The van der Waals surface area contributed by atoms with Crippen LogP contribution in [0.5, 0.6) is 5.75 Å². The number of nitrogens with zero attached hydrogens (tertiary/aromatic N) is 1. The third-order valence-corrected chi connectivity index (χ3v) is 6.85. The summed E-state index contributed by atoms with van der Waals surface area (Å²) in [5.41, 5.74) is 1.14. The van der Waals surface area contributed by atoms with Crippen molar-refractivity contribution in [2.75, 3.05) is 27.3 Å². The lowest BCUT2D eigenvalue weighted by atomic mass is 10.1. The smallest absolute Gasteiger partial charge is 0.310 e. The summed E-state index contributed by atoms with van der Waals surface area (Å²) in [6.07, 6.45) is 1.77. The van der Waals surface area contributed by atoms with Crippen LogP contribution in [0, 0.1) is 12.8 Å². The van der Waals surface area contributed by atoms with Gasteiger partial charge in [-0.25, -0.2) is 12.7 Å². The van der Waals surface area contributed by atoms with Crippen LogP contribution >= 0.6 is 0 Å². The fraction of sp³-hybridized carbons (Fsp3) is 0.588.